The summed E-state index contributed by atoms with van der Waals surface area (Å²) in [5, 5.41) is 3.12. The molecule has 1 aromatic rings. The van der Waals surface area contributed by atoms with Crippen molar-refractivity contribution in [3.63, 3.8) is 0 Å². The van der Waals surface area contributed by atoms with Crippen LogP contribution >= 0.6 is 0 Å². The van der Waals surface area contributed by atoms with Gasteiger partial charge in [0, 0.05) is 30.2 Å². The molecule has 2 saturated heterocycles. The number of carbonyl (C=O) groups is 1. The van der Waals surface area contributed by atoms with Gasteiger partial charge in [-0.1, -0.05) is 18.6 Å². The summed E-state index contributed by atoms with van der Waals surface area (Å²) in [5.41, 5.74) is 2.26. The van der Waals surface area contributed by atoms with Gasteiger partial charge < -0.3 is 10.2 Å². The number of piperidine rings is 2. The van der Waals surface area contributed by atoms with E-state index in [4.69, 9.17) is 0 Å². The van der Waals surface area contributed by atoms with E-state index in [9.17, 15) is 4.79 Å². The second kappa shape index (κ2) is 9.01. The highest BCUT2D eigenvalue weighted by atomic mass is 16.1. The largest absolute Gasteiger partial charge is 0.326 e. The molecule has 4 heteroatoms. The van der Waals surface area contributed by atoms with Gasteiger partial charge in [0.05, 0.1) is 0 Å². The Bertz CT molecular complexity index is 576. The fourth-order valence-electron chi connectivity index (χ4n) is 4.24. The summed E-state index contributed by atoms with van der Waals surface area (Å²) >= 11 is 0. The second-order valence-corrected chi connectivity index (χ2v) is 8.41. The van der Waals surface area contributed by atoms with E-state index in [1.165, 1.54) is 31.4 Å². The van der Waals surface area contributed by atoms with Gasteiger partial charge >= 0.3 is 0 Å². The summed E-state index contributed by atoms with van der Waals surface area (Å²) < 4.78 is 0. The van der Waals surface area contributed by atoms with Crippen molar-refractivity contribution in [1.29, 1.82) is 0 Å². The van der Waals surface area contributed by atoms with Crippen molar-refractivity contribution in [1.82, 2.24) is 9.80 Å². The Labute approximate surface area is 158 Å². The molecule has 1 aromatic carbocycles. The number of rotatable bonds is 5. The van der Waals surface area contributed by atoms with Gasteiger partial charge in [-0.05, 0) is 83.8 Å². The number of hydrogen-bond acceptors (Lipinski definition) is 3. The topological polar surface area (TPSA) is 35.6 Å². The number of anilines is 1. The number of likely N-dealkylation sites (tertiary alicyclic amines) is 2. The van der Waals surface area contributed by atoms with Crippen LogP contribution in [0.15, 0.2) is 24.3 Å². The maximum atomic E-state index is 12.6. The zero-order chi connectivity index (χ0) is 18.5. The van der Waals surface area contributed by atoms with Gasteiger partial charge in [0.15, 0.2) is 0 Å². The van der Waals surface area contributed by atoms with Crippen molar-refractivity contribution in [3.8, 4) is 0 Å². The molecular weight excluding hydrogens is 322 g/mol. The van der Waals surface area contributed by atoms with E-state index < -0.39 is 0 Å². The van der Waals surface area contributed by atoms with Crippen LogP contribution < -0.4 is 5.32 Å². The minimum Gasteiger partial charge on any atom is -0.326 e. The first-order valence-corrected chi connectivity index (χ1v) is 10.4. The lowest BCUT2D eigenvalue weighted by Gasteiger charge is -2.34. The predicted molar refractivity (Wildman–Crippen MR) is 108 cm³/mol. The van der Waals surface area contributed by atoms with Gasteiger partial charge in [-0.2, -0.15) is 0 Å². The first-order valence-electron chi connectivity index (χ1n) is 10.4. The fraction of sp³-hybridized carbons (Fsp3) is 0.682. The first-order chi connectivity index (χ1) is 12.5. The van der Waals surface area contributed by atoms with E-state index in [0.29, 0.717) is 12.1 Å². The van der Waals surface area contributed by atoms with Crippen molar-refractivity contribution in [2.75, 3.05) is 25.0 Å². The Hall–Kier alpha value is -1.39. The first kappa shape index (κ1) is 19.4. The molecule has 2 aliphatic rings. The van der Waals surface area contributed by atoms with Crippen LogP contribution in [0.3, 0.4) is 0 Å². The quantitative estimate of drug-likeness (QED) is 0.861. The van der Waals surface area contributed by atoms with Crippen LogP contribution in [0.4, 0.5) is 5.69 Å². The Kier molecular flexibility index (Phi) is 6.71. The monoisotopic (exact) mass is 357 g/mol. The van der Waals surface area contributed by atoms with E-state index in [1.807, 2.05) is 0 Å². The van der Waals surface area contributed by atoms with Gasteiger partial charge in [-0.25, -0.2) is 0 Å². The highest BCUT2D eigenvalue weighted by Crippen LogP contribution is 2.22. The Morgan fingerprint density at radius 1 is 1.08 bits per heavy atom. The molecule has 1 unspecified atom stereocenters. The van der Waals surface area contributed by atoms with Crippen molar-refractivity contribution in [3.05, 3.63) is 29.8 Å². The molecule has 4 nitrogen and oxygen atoms in total. The van der Waals surface area contributed by atoms with Crippen LogP contribution in [0.1, 0.15) is 58.4 Å². The van der Waals surface area contributed by atoms with Crippen LogP contribution in [-0.4, -0.2) is 47.4 Å². The number of hydrogen-bond donors (Lipinski definition) is 1. The minimum atomic E-state index is 0.152. The summed E-state index contributed by atoms with van der Waals surface area (Å²) in [6, 6.07) is 9.71. The molecule has 0 aromatic heterocycles. The molecule has 0 spiro atoms. The standard InChI is InChI=1S/C22H35N3O/c1-17(2)24-14-11-20(12-15-24)22(26)23-21-9-7-19(8-10-21)16-25-13-5-4-6-18(25)3/h7-10,17-18,20H,4-6,11-16H2,1-3H3,(H,23,26). The summed E-state index contributed by atoms with van der Waals surface area (Å²) in [5.74, 6) is 0.338. The molecule has 2 heterocycles. The highest BCUT2D eigenvalue weighted by Gasteiger charge is 2.26. The number of amides is 1. The van der Waals surface area contributed by atoms with Crippen LogP contribution in [0.5, 0.6) is 0 Å². The van der Waals surface area contributed by atoms with Gasteiger partial charge in [0.2, 0.25) is 5.91 Å². The van der Waals surface area contributed by atoms with Crippen molar-refractivity contribution in [2.45, 2.75) is 71.5 Å². The van der Waals surface area contributed by atoms with Gasteiger partial charge in [-0.15, -0.1) is 0 Å². The van der Waals surface area contributed by atoms with E-state index in [0.717, 1.165) is 38.2 Å². The van der Waals surface area contributed by atoms with Gasteiger partial charge in [-0.3, -0.25) is 9.69 Å². The maximum absolute atomic E-state index is 12.6. The lowest BCUT2D eigenvalue weighted by atomic mass is 9.95. The number of nitrogens with zero attached hydrogens (tertiary/aromatic N) is 2. The molecule has 0 aliphatic carbocycles. The summed E-state index contributed by atoms with van der Waals surface area (Å²) in [4.78, 5) is 17.6. The number of carbonyl (C=O) groups excluding carboxylic acids is 1. The average molecular weight is 358 g/mol. The number of benzene rings is 1. The molecule has 1 atom stereocenters. The molecule has 0 radical (unpaired) electrons. The van der Waals surface area contributed by atoms with E-state index >= 15 is 0 Å². The fourth-order valence-corrected chi connectivity index (χ4v) is 4.24. The average Bonchev–Trinajstić information content (AvgIpc) is 2.65. The van der Waals surface area contributed by atoms with E-state index in [2.05, 4.69) is 60.2 Å². The lowest BCUT2D eigenvalue weighted by Crippen LogP contribution is -2.41. The third-order valence-corrected chi connectivity index (χ3v) is 6.18. The molecule has 0 bridgehead atoms. The van der Waals surface area contributed by atoms with Gasteiger partial charge in [0.25, 0.3) is 0 Å². The minimum absolute atomic E-state index is 0.152. The van der Waals surface area contributed by atoms with Crippen molar-refractivity contribution < 1.29 is 4.79 Å². The van der Waals surface area contributed by atoms with Crippen LogP contribution in [-0.2, 0) is 11.3 Å². The summed E-state index contributed by atoms with van der Waals surface area (Å²) in [6.07, 6.45) is 5.92. The Balaban J connectivity index is 1.49. The normalized spacial score (nSPS) is 23.3. The molecule has 1 N–H and O–H groups in total. The molecular formula is C22H35N3O. The molecule has 0 saturated carbocycles. The third kappa shape index (κ3) is 5.08. The molecule has 144 valence electrons. The van der Waals surface area contributed by atoms with Crippen LogP contribution in [0, 0.1) is 5.92 Å². The lowest BCUT2D eigenvalue weighted by molar-refractivity contribution is -0.121. The highest BCUT2D eigenvalue weighted by molar-refractivity contribution is 5.92. The maximum Gasteiger partial charge on any atom is 0.227 e. The van der Waals surface area contributed by atoms with Crippen molar-refractivity contribution in [2.24, 2.45) is 5.92 Å². The van der Waals surface area contributed by atoms with Crippen LogP contribution in [0.2, 0.25) is 0 Å². The second-order valence-electron chi connectivity index (χ2n) is 8.41. The van der Waals surface area contributed by atoms with Gasteiger partial charge in [0.1, 0.15) is 0 Å². The zero-order valence-corrected chi connectivity index (χ0v) is 16.7. The van der Waals surface area contributed by atoms with Crippen LogP contribution in [0.25, 0.3) is 0 Å². The van der Waals surface area contributed by atoms with E-state index in [-0.39, 0.29) is 11.8 Å². The summed E-state index contributed by atoms with van der Waals surface area (Å²) in [6.45, 7) is 11.1. The Morgan fingerprint density at radius 2 is 1.77 bits per heavy atom. The third-order valence-electron chi connectivity index (χ3n) is 6.18. The molecule has 2 fully saturated rings. The molecule has 3 rings (SSSR count). The Morgan fingerprint density at radius 3 is 2.38 bits per heavy atom. The number of nitrogens with one attached hydrogen (secondary N) is 1. The SMILES string of the molecule is CC(C)N1CCC(C(=O)Nc2ccc(CN3CCCCC3C)cc2)CC1. The van der Waals surface area contributed by atoms with E-state index in [1.54, 1.807) is 0 Å². The molecule has 1 amide bonds. The predicted octanol–water partition coefficient (Wildman–Crippen LogP) is 4.12. The molecule has 26 heavy (non-hydrogen) atoms. The summed E-state index contributed by atoms with van der Waals surface area (Å²) in [7, 11) is 0. The van der Waals surface area contributed by atoms with Crippen molar-refractivity contribution >= 4 is 11.6 Å². The zero-order valence-electron chi connectivity index (χ0n) is 16.7. The molecule has 2 aliphatic heterocycles. The smallest absolute Gasteiger partial charge is 0.227 e.